The smallest absolute Gasteiger partial charge is 0.330 e. The van der Waals surface area contributed by atoms with Gasteiger partial charge in [0, 0.05) is 25.8 Å². The van der Waals surface area contributed by atoms with Gasteiger partial charge in [-0.1, -0.05) is 30.3 Å². The molecule has 14 heteroatoms. The molecule has 7 N–H and O–H groups in total. The van der Waals surface area contributed by atoms with Gasteiger partial charge in [-0.25, -0.2) is 9.80 Å². The van der Waals surface area contributed by atoms with Gasteiger partial charge in [0.15, 0.2) is 12.0 Å². The minimum Gasteiger partial charge on any atom is -0.481 e. The van der Waals surface area contributed by atoms with E-state index in [1.165, 1.54) is 12.1 Å². The molecule has 0 bridgehead atoms. The molecule has 14 nitrogen and oxygen atoms in total. The maximum atomic E-state index is 13.1. The summed E-state index contributed by atoms with van der Waals surface area (Å²) in [5.74, 6) is -7.63. The van der Waals surface area contributed by atoms with E-state index >= 15 is 0 Å². The molecule has 1 aromatic rings. The van der Waals surface area contributed by atoms with Crippen molar-refractivity contribution < 1.29 is 39.0 Å². The average molecular weight is 505 g/mol. The highest BCUT2D eigenvalue weighted by Crippen LogP contribution is 2.28. The van der Waals surface area contributed by atoms with Crippen molar-refractivity contribution in [3.05, 3.63) is 35.9 Å². The zero-order valence-corrected chi connectivity index (χ0v) is 19.5. The van der Waals surface area contributed by atoms with Gasteiger partial charge < -0.3 is 27.0 Å². The molecule has 0 aromatic heterocycles. The van der Waals surface area contributed by atoms with Crippen molar-refractivity contribution in [1.29, 1.82) is 0 Å². The lowest BCUT2D eigenvalue weighted by atomic mass is 10.0. The maximum Gasteiger partial charge on any atom is 0.330 e. The second-order valence-electron chi connectivity index (χ2n) is 8.06. The van der Waals surface area contributed by atoms with Gasteiger partial charge in [0.25, 0.3) is 5.91 Å². The van der Waals surface area contributed by atoms with Crippen molar-refractivity contribution in [2.75, 3.05) is 6.54 Å². The van der Waals surface area contributed by atoms with Crippen molar-refractivity contribution in [2.45, 2.75) is 44.7 Å². The van der Waals surface area contributed by atoms with Crippen LogP contribution in [0.3, 0.4) is 0 Å². The van der Waals surface area contributed by atoms with Gasteiger partial charge in [-0.05, 0) is 18.4 Å². The molecule has 3 atom stereocenters. The van der Waals surface area contributed by atoms with Crippen molar-refractivity contribution in [3.8, 4) is 0 Å². The Morgan fingerprint density at radius 1 is 1.17 bits per heavy atom. The molecule has 0 saturated carbocycles. The minimum atomic E-state index is -1.88. The summed E-state index contributed by atoms with van der Waals surface area (Å²) in [5, 5.41) is 22.1. The van der Waals surface area contributed by atoms with Crippen LogP contribution in [0.15, 0.2) is 35.3 Å². The molecule has 1 aromatic carbocycles. The summed E-state index contributed by atoms with van der Waals surface area (Å²) in [6, 6.07) is 4.15. The SMILES string of the molecule is CC(=O)N([C@@H](CC(=O)O)C(=O)N[C@H](C(=O)O)c1ccccc1)N1C(=O)CC(CCCN=C(N)N)C1=O. The third-order valence-corrected chi connectivity index (χ3v) is 5.39. The molecule has 1 heterocycles. The summed E-state index contributed by atoms with van der Waals surface area (Å²) < 4.78 is 0. The number of carboxylic acids is 2. The molecule has 1 unspecified atom stereocenters. The number of hydrazine groups is 1. The molecule has 2 rings (SSSR count). The first-order valence-corrected chi connectivity index (χ1v) is 11.0. The van der Waals surface area contributed by atoms with Gasteiger partial charge in [0.05, 0.1) is 6.42 Å². The van der Waals surface area contributed by atoms with Crippen LogP contribution < -0.4 is 16.8 Å². The standard InChI is InChI=1S/C22H28N6O8/c1-12(29)27(28-16(30)10-14(20(28)34)8-5-9-25-22(23)24)15(11-17(31)32)19(33)26-18(21(35)36)13-6-3-2-4-7-13/h2-4,6-7,14-15,18H,5,8-11H2,1H3,(H,26,33)(H,31,32)(H,35,36)(H4,23,24,25)/t14?,15-,18-/m0/s1. The normalized spacial score (nSPS) is 16.7. The Morgan fingerprint density at radius 2 is 1.81 bits per heavy atom. The van der Waals surface area contributed by atoms with Crippen LogP contribution in [0.4, 0.5) is 0 Å². The Bertz CT molecular complexity index is 1060. The fraction of sp³-hybridized carbons (Fsp3) is 0.409. The molecule has 0 radical (unpaired) electrons. The summed E-state index contributed by atoms with van der Waals surface area (Å²) in [4.78, 5) is 78.5. The second-order valence-corrected chi connectivity index (χ2v) is 8.06. The Hall–Kier alpha value is -4.49. The van der Waals surface area contributed by atoms with E-state index in [1.807, 2.05) is 0 Å². The molecule has 0 aliphatic carbocycles. The van der Waals surface area contributed by atoms with Gasteiger partial charge in [-0.2, -0.15) is 5.01 Å². The lowest BCUT2D eigenvalue weighted by Crippen LogP contribution is -2.59. The number of benzene rings is 1. The highest BCUT2D eigenvalue weighted by molar-refractivity contribution is 6.05. The van der Waals surface area contributed by atoms with Crippen LogP contribution in [0.1, 0.15) is 44.2 Å². The number of nitrogens with two attached hydrogens (primary N) is 2. The van der Waals surface area contributed by atoms with E-state index in [1.54, 1.807) is 18.2 Å². The summed E-state index contributed by atoms with van der Waals surface area (Å²) in [6.07, 6.45) is -0.702. The number of carboxylic acid groups (broad SMARTS) is 2. The molecule has 0 spiro atoms. The van der Waals surface area contributed by atoms with E-state index in [2.05, 4.69) is 10.3 Å². The van der Waals surface area contributed by atoms with Crippen molar-refractivity contribution >= 4 is 41.5 Å². The first kappa shape index (κ1) is 27.8. The Kier molecular flexibility index (Phi) is 9.47. The fourth-order valence-electron chi connectivity index (χ4n) is 3.81. The van der Waals surface area contributed by atoms with Gasteiger partial charge in [-0.3, -0.25) is 29.0 Å². The molecular weight excluding hydrogens is 476 g/mol. The van der Waals surface area contributed by atoms with Crippen LogP contribution in [-0.4, -0.2) is 74.3 Å². The number of hydrogen-bond donors (Lipinski definition) is 5. The first-order chi connectivity index (χ1) is 16.9. The van der Waals surface area contributed by atoms with Crippen molar-refractivity contribution in [1.82, 2.24) is 15.3 Å². The summed E-state index contributed by atoms with van der Waals surface area (Å²) >= 11 is 0. The monoisotopic (exact) mass is 504 g/mol. The Labute approximate surface area is 205 Å². The number of imide groups is 1. The van der Waals surface area contributed by atoms with Gasteiger partial charge >= 0.3 is 11.9 Å². The van der Waals surface area contributed by atoms with E-state index in [4.69, 9.17) is 11.5 Å². The van der Waals surface area contributed by atoms with E-state index in [0.717, 1.165) is 6.92 Å². The number of nitrogens with one attached hydrogen (secondary N) is 1. The zero-order valence-electron chi connectivity index (χ0n) is 19.5. The van der Waals surface area contributed by atoms with Crippen molar-refractivity contribution in [2.24, 2.45) is 22.4 Å². The summed E-state index contributed by atoms with van der Waals surface area (Å²) in [7, 11) is 0. The third kappa shape index (κ3) is 7.01. The van der Waals surface area contributed by atoms with Crippen LogP contribution in [0.5, 0.6) is 0 Å². The van der Waals surface area contributed by atoms with E-state index in [9.17, 15) is 39.0 Å². The zero-order chi connectivity index (χ0) is 27.0. The number of aliphatic imine (C=N–C) groups is 1. The lowest BCUT2D eigenvalue weighted by Gasteiger charge is -2.35. The largest absolute Gasteiger partial charge is 0.481 e. The Balaban J connectivity index is 2.32. The highest BCUT2D eigenvalue weighted by atomic mass is 16.4. The van der Waals surface area contributed by atoms with E-state index < -0.39 is 60.0 Å². The number of guanidine groups is 1. The quantitative estimate of drug-likeness (QED) is 0.101. The lowest BCUT2D eigenvalue weighted by molar-refractivity contribution is -0.176. The molecule has 4 amide bonds. The molecular formula is C22H28N6O8. The first-order valence-electron chi connectivity index (χ1n) is 11.0. The van der Waals surface area contributed by atoms with E-state index in [-0.39, 0.29) is 30.9 Å². The molecule has 1 saturated heterocycles. The number of nitrogens with zero attached hydrogens (tertiary/aromatic N) is 3. The second kappa shape index (κ2) is 12.3. The molecule has 36 heavy (non-hydrogen) atoms. The number of amides is 4. The van der Waals surface area contributed by atoms with Gasteiger partial charge in [0.2, 0.25) is 17.7 Å². The molecule has 1 aliphatic heterocycles. The average Bonchev–Trinajstić information content (AvgIpc) is 3.07. The number of carbonyl (C=O) groups is 6. The van der Waals surface area contributed by atoms with Crippen LogP contribution in [0.25, 0.3) is 0 Å². The topological polar surface area (TPSA) is 226 Å². The van der Waals surface area contributed by atoms with Gasteiger partial charge in [0.1, 0.15) is 6.04 Å². The van der Waals surface area contributed by atoms with E-state index in [0.29, 0.717) is 16.4 Å². The summed E-state index contributed by atoms with van der Waals surface area (Å²) in [6.45, 7) is 1.16. The Morgan fingerprint density at radius 3 is 2.33 bits per heavy atom. The maximum absolute atomic E-state index is 13.1. The number of carbonyl (C=O) groups excluding carboxylic acids is 4. The predicted octanol–water partition coefficient (Wildman–Crippen LogP) is -1.04. The van der Waals surface area contributed by atoms with Crippen LogP contribution >= 0.6 is 0 Å². The molecule has 1 fully saturated rings. The molecule has 1 aliphatic rings. The number of hydrogen-bond acceptors (Lipinski definition) is 7. The molecule has 194 valence electrons. The number of rotatable bonds is 12. The number of aliphatic carboxylic acids is 2. The highest BCUT2D eigenvalue weighted by Gasteiger charge is 2.47. The van der Waals surface area contributed by atoms with Crippen LogP contribution in [-0.2, 0) is 28.8 Å². The summed E-state index contributed by atoms with van der Waals surface area (Å²) in [5.41, 5.74) is 10.7. The minimum absolute atomic E-state index is 0.133. The fourth-order valence-corrected chi connectivity index (χ4v) is 3.81. The van der Waals surface area contributed by atoms with Crippen LogP contribution in [0, 0.1) is 5.92 Å². The van der Waals surface area contributed by atoms with Crippen molar-refractivity contribution in [3.63, 3.8) is 0 Å². The van der Waals surface area contributed by atoms with Gasteiger partial charge in [-0.15, -0.1) is 0 Å². The third-order valence-electron chi connectivity index (χ3n) is 5.39. The van der Waals surface area contributed by atoms with Crippen LogP contribution in [0.2, 0.25) is 0 Å². The predicted molar refractivity (Wildman–Crippen MR) is 123 cm³/mol.